The molecular weight excluding hydrogens is 414 g/mol. The smallest absolute Gasteiger partial charge is 0.216 e. The highest BCUT2D eigenvalue weighted by molar-refractivity contribution is 9.10. The quantitative estimate of drug-likeness (QED) is 0.482. The van der Waals surface area contributed by atoms with Crippen LogP contribution in [0.15, 0.2) is 52.0 Å². The van der Waals surface area contributed by atoms with Crippen molar-refractivity contribution in [1.82, 2.24) is 14.9 Å². The van der Waals surface area contributed by atoms with E-state index in [0.29, 0.717) is 10.6 Å². The van der Waals surface area contributed by atoms with Gasteiger partial charge in [-0.15, -0.1) is 0 Å². The van der Waals surface area contributed by atoms with Crippen LogP contribution in [0.2, 0.25) is 0 Å². The van der Waals surface area contributed by atoms with Crippen molar-refractivity contribution in [3.63, 3.8) is 0 Å². The van der Waals surface area contributed by atoms with Gasteiger partial charge in [0.15, 0.2) is 5.82 Å². The number of hydrogen-bond donors (Lipinski definition) is 1. The molecule has 1 heterocycles. The maximum Gasteiger partial charge on any atom is 0.216 e. The predicted octanol–water partition coefficient (Wildman–Crippen LogP) is 4.33. The number of aromatic nitrogens is 3. The van der Waals surface area contributed by atoms with Crippen molar-refractivity contribution in [1.29, 1.82) is 0 Å². The summed E-state index contributed by atoms with van der Waals surface area (Å²) in [7, 11) is 5.64. The zero-order valence-electron chi connectivity index (χ0n) is 14.6. The number of ether oxygens (including phenoxy) is 1. The summed E-state index contributed by atoms with van der Waals surface area (Å²) in [4.78, 5) is 2.04. The molecule has 0 amide bonds. The van der Waals surface area contributed by atoms with E-state index in [0.717, 1.165) is 27.0 Å². The molecule has 2 aromatic carbocycles. The number of H-pyrrole nitrogens is 1. The summed E-state index contributed by atoms with van der Waals surface area (Å²) in [6.07, 6.45) is 1.73. The average molecular weight is 432 g/mol. The molecule has 0 aliphatic heterocycles. The first-order valence-electron chi connectivity index (χ1n) is 7.82. The van der Waals surface area contributed by atoms with Crippen LogP contribution in [0.25, 0.3) is 11.4 Å². The topological polar surface area (TPSA) is 58.4 Å². The number of halogens is 1. The third-order valence-corrected chi connectivity index (χ3v) is 4.67. The van der Waals surface area contributed by atoms with Crippen LogP contribution < -0.4 is 9.64 Å². The molecule has 134 valence electrons. The molecule has 3 rings (SSSR count). The fourth-order valence-electron chi connectivity index (χ4n) is 2.38. The van der Waals surface area contributed by atoms with E-state index in [-0.39, 0.29) is 0 Å². The molecule has 0 radical (unpaired) electrons. The van der Waals surface area contributed by atoms with Gasteiger partial charge in [-0.1, -0.05) is 0 Å². The molecule has 0 atom stereocenters. The zero-order valence-corrected chi connectivity index (χ0v) is 17.0. The minimum absolute atomic E-state index is 0.431. The van der Waals surface area contributed by atoms with Gasteiger partial charge in [-0.3, -0.25) is 0 Å². The predicted molar refractivity (Wildman–Crippen MR) is 111 cm³/mol. The largest absolute Gasteiger partial charge is 0.496 e. The van der Waals surface area contributed by atoms with E-state index in [1.165, 1.54) is 0 Å². The highest BCUT2D eigenvalue weighted by Crippen LogP contribution is 2.25. The zero-order chi connectivity index (χ0) is 18.7. The van der Waals surface area contributed by atoms with Gasteiger partial charge in [0.2, 0.25) is 4.77 Å². The molecule has 0 saturated carbocycles. The molecular formula is C18H18BrN5OS. The molecule has 0 saturated heterocycles. The van der Waals surface area contributed by atoms with E-state index in [2.05, 4.69) is 31.2 Å². The van der Waals surface area contributed by atoms with Gasteiger partial charge in [0.1, 0.15) is 5.75 Å². The van der Waals surface area contributed by atoms with Crippen molar-refractivity contribution in [2.24, 2.45) is 5.10 Å². The fraction of sp³-hybridized carbons (Fsp3) is 0.167. The third-order valence-electron chi connectivity index (χ3n) is 3.79. The Kier molecular flexibility index (Phi) is 5.53. The van der Waals surface area contributed by atoms with E-state index < -0.39 is 0 Å². The Hall–Kier alpha value is -2.45. The van der Waals surface area contributed by atoms with E-state index in [1.54, 1.807) is 18.0 Å². The first-order chi connectivity index (χ1) is 12.5. The number of aromatic amines is 1. The number of anilines is 1. The lowest BCUT2D eigenvalue weighted by atomic mass is 10.2. The molecule has 26 heavy (non-hydrogen) atoms. The second kappa shape index (κ2) is 7.84. The SMILES string of the molecule is COc1ccc(C=Nn2c(-c3ccc(N(C)C)cc3)n[nH]c2=S)cc1Br. The van der Waals surface area contributed by atoms with Gasteiger partial charge < -0.3 is 9.64 Å². The standard InChI is InChI=1S/C18H18BrN5OS/c1-23(2)14-7-5-13(6-8-14)17-21-22-18(26)24(17)20-11-12-4-9-16(25-3)15(19)10-12/h4-11H,1-3H3,(H,22,26). The number of rotatable bonds is 5. The van der Waals surface area contributed by atoms with Crippen molar-refractivity contribution in [2.75, 3.05) is 26.1 Å². The van der Waals surface area contributed by atoms with Crippen molar-refractivity contribution < 1.29 is 4.74 Å². The Morgan fingerprint density at radius 2 is 1.96 bits per heavy atom. The van der Waals surface area contributed by atoms with Crippen molar-refractivity contribution in [3.8, 4) is 17.1 Å². The fourth-order valence-corrected chi connectivity index (χ4v) is 3.12. The maximum atomic E-state index is 5.31. The van der Waals surface area contributed by atoms with Gasteiger partial charge in [0.05, 0.1) is 17.8 Å². The normalized spacial score (nSPS) is 11.1. The number of nitrogens with zero attached hydrogens (tertiary/aromatic N) is 4. The summed E-state index contributed by atoms with van der Waals surface area (Å²) in [5.74, 6) is 1.42. The van der Waals surface area contributed by atoms with Gasteiger partial charge in [-0.05, 0) is 76.2 Å². The monoisotopic (exact) mass is 431 g/mol. The highest BCUT2D eigenvalue weighted by atomic mass is 79.9. The molecule has 0 aliphatic carbocycles. The van der Waals surface area contributed by atoms with Crippen LogP contribution in [0, 0.1) is 4.77 Å². The van der Waals surface area contributed by atoms with Gasteiger partial charge in [0.25, 0.3) is 0 Å². The number of methoxy groups -OCH3 is 1. The Balaban J connectivity index is 1.93. The minimum Gasteiger partial charge on any atom is -0.496 e. The molecule has 1 N–H and O–H groups in total. The molecule has 0 unspecified atom stereocenters. The summed E-state index contributed by atoms with van der Waals surface area (Å²) in [6, 6.07) is 13.8. The van der Waals surface area contributed by atoms with Crippen LogP contribution in [0.4, 0.5) is 5.69 Å². The summed E-state index contributed by atoms with van der Waals surface area (Å²) in [5, 5.41) is 11.6. The minimum atomic E-state index is 0.431. The molecule has 0 fully saturated rings. The summed E-state index contributed by atoms with van der Waals surface area (Å²) in [5.41, 5.74) is 2.95. The first-order valence-corrected chi connectivity index (χ1v) is 9.03. The Labute approximate surface area is 165 Å². The summed E-state index contributed by atoms with van der Waals surface area (Å²) >= 11 is 8.79. The number of hydrogen-bond acceptors (Lipinski definition) is 5. The average Bonchev–Trinajstić information content (AvgIpc) is 3.00. The van der Waals surface area contributed by atoms with Crippen molar-refractivity contribution in [3.05, 3.63) is 57.3 Å². The lowest BCUT2D eigenvalue weighted by Crippen LogP contribution is -2.08. The van der Waals surface area contributed by atoms with Crippen molar-refractivity contribution >= 4 is 40.0 Å². The second-order valence-corrected chi connectivity index (χ2v) is 6.99. The van der Waals surface area contributed by atoms with Gasteiger partial charge in [-0.25, -0.2) is 5.10 Å². The van der Waals surface area contributed by atoms with E-state index >= 15 is 0 Å². The van der Waals surface area contributed by atoms with Crippen LogP contribution in [0.3, 0.4) is 0 Å². The first kappa shape index (κ1) is 18.3. The van der Waals surface area contributed by atoms with Crippen LogP contribution in [-0.4, -0.2) is 42.3 Å². The molecule has 6 nitrogen and oxygen atoms in total. The molecule has 3 aromatic rings. The number of nitrogens with one attached hydrogen (secondary N) is 1. The van der Waals surface area contributed by atoms with Crippen LogP contribution in [0.5, 0.6) is 5.75 Å². The van der Waals surface area contributed by atoms with E-state index in [9.17, 15) is 0 Å². The molecule has 8 heteroatoms. The molecule has 0 aliphatic rings. The number of benzene rings is 2. The van der Waals surface area contributed by atoms with Gasteiger partial charge >= 0.3 is 0 Å². The summed E-state index contributed by atoms with van der Waals surface area (Å²) < 4.78 is 8.14. The Morgan fingerprint density at radius 3 is 2.58 bits per heavy atom. The molecule has 0 spiro atoms. The lowest BCUT2D eigenvalue weighted by molar-refractivity contribution is 0.412. The molecule has 1 aromatic heterocycles. The third kappa shape index (κ3) is 3.86. The summed E-state index contributed by atoms with van der Waals surface area (Å²) in [6.45, 7) is 0. The van der Waals surface area contributed by atoms with Crippen molar-refractivity contribution in [2.45, 2.75) is 0 Å². The lowest BCUT2D eigenvalue weighted by Gasteiger charge is -2.12. The van der Waals surface area contributed by atoms with Gasteiger partial charge in [-0.2, -0.15) is 14.9 Å². The van der Waals surface area contributed by atoms with E-state index in [1.807, 2.05) is 61.5 Å². The van der Waals surface area contributed by atoms with Gasteiger partial charge in [0, 0.05) is 25.3 Å². The Bertz CT molecular complexity index is 992. The van der Waals surface area contributed by atoms with Crippen LogP contribution in [-0.2, 0) is 0 Å². The molecule has 0 bridgehead atoms. The van der Waals surface area contributed by atoms with Crippen LogP contribution in [0.1, 0.15) is 5.56 Å². The maximum absolute atomic E-state index is 5.31. The Morgan fingerprint density at radius 1 is 1.23 bits per heavy atom. The van der Waals surface area contributed by atoms with E-state index in [4.69, 9.17) is 17.0 Å². The second-order valence-electron chi connectivity index (χ2n) is 5.74. The van der Waals surface area contributed by atoms with Crippen LogP contribution >= 0.6 is 28.1 Å². The highest BCUT2D eigenvalue weighted by Gasteiger charge is 2.08.